The van der Waals surface area contributed by atoms with Crippen molar-refractivity contribution in [1.82, 2.24) is 0 Å². The Hall–Kier alpha value is -3.15. The van der Waals surface area contributed by atoms with Crippen LogP contribution in [0.25, 0.3) is 22.4 Å². The zero-order valence-electron chi connectivity index (χ0n) is 14.1. The summed E-state index contributed by atoms with van der Waals surface area (Å²) in [6, 6.07) is 22.6. The van der Waals surface area contributed by atoms with Gasteiger partial charge in [-0.3, -0.25) is 0 Å². The fraction of sp³-hybridized carbons (Fsp3) is 0.0833. The predicted molar refractivity (Wildman–Crippen MR) is 105 cm³/mol. The van der Waals surface area contributed by atoms with Gasteiger partial charge in [-0.25, -0.2) is 4.79 Å². The van der Waals surface area contributed by atoms with E-state index in [1.54, 1.807) is 0 Å². The Morgan fingerprint density at radius 2 is 1.72 bits per heavy atom. The van der Waals surface area contributed by atoms with Crippen LogP contribution >= 0.6 is 0 Å². The van der Waals surface area contributed by atoms with Crippen molar-refractivity contribution in [3.63, 3.8) is 0 Å². The van der Waals surface area contributed by atoms with E-state index < -0.39 is 0 Å². The monoisotopic (exact) mass is 322 g/mol. The summed E-state index contributed by atoms with van der Waals surface area (Å²) in [5.41, 5.74) is 6.48. The number of fused-ring (bicyclic) bond motifs is 2. The molecule has 0 amide bonds. The van der Waals surface area contributed by atoms with Crippen LogP contribution in [0, 0.1) is 0 Å². The molecule has 0 N–H and O–H groups in total. The quantitative estimate of drug-likeness (QED) is 0.558. The lowest BCUT2D eigenvalue weighted by Crippen LogP contribution is -2.02. The van der Waals surface area contributed by atoms with Crippen LogP contribution in [0.4, 0.5) is 0 Å². The van der Waals surface area contributed by atoms with E-state index in [-0.39, 0.29) is 0 Å². The van der Waals surface area contributed by atoms with Crippen LogP contribution in [-0.2, 0) is 11.2 Å². The summed E-state index contributed by atoms with van der Waals surface area (Å²) in [4.78, 5) is 11.7. The minimum absolute atomic E-state index is 0.610. The van der Waals surface area contributed by atoms with Gasteiger partial charge >= 0.3 is 0 Å². The van der Waals surface area contributed by atoms with Crippen LogP contribution in [0.5, 0.6) is 0 Å². The second-order valence-electron chi connectivity index (χ2n) is 6.41. The summed E-state index contributed by atoms with van der Waals surface area (Å²) in [6.07, 6.45) is 5.03. The van der Waals surface area contributed by atoms with Crippen molar-refractivity contribution < 1.29 is 4.79 Å². The van der Waals surface area contributed by atoms with Gasteiger partial charge < -0.3 is 0 Å². The first-order valence-corrected chi connectivity index (χ1v) is 8.46. The standard InChI is InChI=1S/C24H18O/c1-17-13-19-8-2-3-9-20(19)14-21(17)15-22(16-25)24-12-6-10-18-7-4-5-11-23(18)24/h2-13,15H,14H2,1H3. The highest BCUT2D eigenvalue weighted by Crippen LogP contribution is 2.31. The van der Waals surface area contributed by atoms with E-state index in [0.717, 1.165) is 22.8 Å². The minimum Gasteiger partial charge on any atom is -0.233 e. The summed E-state index contributed by atoms with van der Waals surface area (Å²) in [7, 11) is 0. The molecular weight excluding hydrogens is 304 g/mol. The van der Waals surface area contributed by atoms with E-state index in [0.29, 0.717) is 5.57 Å². The number of hydrogen-bond donors (Lipinski definition) is 0. The average Bonchev–Trinajstić information content (AvgIpc) is 2.66. The molecule has 0 saturated carbocycles. The molecule has 25 heavy (non-hydrogen) atoms. The Kier molecular flexibility index (Phi) is 3.93. The van der Waals surface area contributed by atoms with Crippen LogP contribution in [0.2, 0.25) is 0 Å². The summed E-state index contributed by atoms with van der Waals surface area (Å²) >= 11 is 0. The Morgan fingerprint density at radius 1 is 0.960 bits per heavy atom. The molecule has 3 aromatic carbocycles. The lowest BCUT2D eigenvalue weighted by atomic mass is 9.87. The molecule has 0 heterocycles. The topological polar surface area (TPSA) is 17.1 Å². The van der Waals surface area contributed by atoms with Gasteiger partial charge in [0.05, 0.1) is 5.57 Å². The summed E-state index contributed by atoms with van der Waals surface area (Å²) in [6.45, 7) is 2.10. The molecule has 1 heteroatoms. The smallest absolute Gasteiger partial charge is 0.133 e. The first-order valence-electron chi connectivity index (χ1n) is 8.46. The first-order chi connectivity index (χ1) is 12.3. The van der Waals surface area contributed by atoms with Gasteiger partial charge in [0.25, 0.3) is 0 Å². The van der Waals surface area contributed by atoms with Crippen LogP contribution in [-0.4, -0.2) is 5.94 Å². The van der Waals surface area contributed by atoms with Crippen LogP contribution < -0.4 is 0 Å². The largest absolute Gasteiger partial charge is 0.233 e. The molecule has 4 rings (SSSR count). The fourth-order valence-corrected chi connectivity index (χ4v) is 3.47. The highest BCUT2D eigenvalue weighted by molar-refractivity contribution is 6.04. The van der Waals surface area contributed by atoms with Gasteiger partial charge in [0.15, 0.2) is 0 Å². The fourth-order valence-electron chi connectivity index (χ4n) is 3.47. The Bertz CT molecular complexity index is 1070. The van der Waals surface area contributed by atoms with E-state index in [2.05, 4.69) is 61.4 Å². The lowest BCUT2D eigenvalue weighted by molar-refractivity contribution is 0.569. The molecule has 0 unspecified atom stereocenters. The highest BCUT2D eigenvalue weighted by Gasteiger charge is 2.14. The SMILES string of the molecule is CC1=Cc2ccccc2CC1=CC(=C=O)c1cccc2ccccc12. The molecule has 120 valence electrons. The zero-order chi connectivity index (χ0) is 17.2. The zero-order valence-corrected chi connectivity index (χ0v) is 14.1. The Morgan fingerprint density at radius 3 is 2.60 bits per heavy atom. The van der Waals surface area contributed by atoms with Crippen molar-refractivity contribution in [2.75, 3.05) is 0 Å². The van der Waals surface area contributed by atoms with Crippen LogP contribution in [0.3, 0.4) is 0 Å². The number of hydrogen-bond acceptors (Lipinski definition) is 1. The minimum atomic E-state index is 0.610. The van der Waals surface area contributed by atoms with E-state index >= 15 is 0 Å². The van der Waals surface area contributed by atoms with Gasteiger partial charge in [0, 0.05) is 5.56 Å². The molecule has 0 spiro atoms. The molecular formula is C24H18O. The van der Waals surface area contributed by atoms with Crippen LogP contribution in [0.15, 0.2) is 84.0 Å². The van der Waals surface area contributed by atoms with Gasteiger partial charge in [-0.1, -0.05) is 72.8 Å². The molecule has 0 aliphatic heterocycles. The van der Waals surface area contributed by atoms with Gasteiger partial charge in [0.2, 0.25) is 0 Å². The predicted octanol–water partition coefficient (Wildman–Crippen LogP) is 5.64. The van der Waals surface area contributed by atoms with Gasteiger partial charge in [-0.15, -0.1) is 0 Å². The normalized spacial score (nSPS) is 14.8. The van der Waals surface area contributed by atoms with Crippen LogP contribution in [0.1, 0.15) is 23.6 Å². The number of allylic oxidation sites excluding steroid dienone is 4. The molecule has 0 atom stereocenters. The van der Waals surface area contributed by atoms with Gasteiger partial charge in [0.1, 0.15) is 5.94 Å². The number of benzene rings is 3. The summed E-state index contributed by atoms with van der Waals surface area (Å²) in [5.74, 6) is 2.17. The third-order valence-electron chi connectivity index (χ3n) is 4.82. The van der Waals surface area contributed by atoms with Gasteiger partial charge in [-0.2, -0.15) is 0 Å². The third-order valence-corrected chi connectivity index (χ3v) is 4.82. The van der Waals surface area contributed by atoms with E-state index in [4.69, 9.17) is 0 Å². The second kappa shape index (κ2) is 6.39. The van der Waals surface area contributed by atoms with Crippen molar-refractivity contribution in [2.45, 2.75) is 13.3 Å². The third kappa shape index (κ3) is 2.87. The van der Waals surface area contributed by atoms with Crippen molar-refractivity contribution in [2.24, 2.45) is 0 Å². The maximum absolute atomic E-state index is 11.7. The average molecular weight is 322 g/mol. The molecule has 0 aromatic heterocycles. The maximum Gasteiger partial charge on any atom is 0.133 e. The molecule has 0 saturated heterocycles. The Balaban J connectivity index is 1.81. The number of rotatable bonds is 2. The van der Waals surface area contributed by atoms with Crippen molar-refractivity contribution in [1.29, 1.82) is 0 Å². The van der Waals surface area contributed by atoms with Crippen molar-refractivity contribution in [3.05, 3.63) is 101 Å². The second-order valence-corrected chi connectivity index (χ2v) is 6.41. The maximum atomic E-state index is 11.7. The first kappa shape index (κ1) is 15.4. The van der Waals surface area contributed by atoms with Crippen molar-refractivity contribution in [3.8, 4) is 0 Å². The molecule has 0 fully saturated rings. The molecule has 0 radical (unpaired) electrons. The molecule has 1 nitrogen and oxygen atoms in total. The molecule has 0 bridgehead atoms. The summed E-state index contributed by atoms with van der Waals surface area (Å²) < 4.78 is 0. The highest BCUT2D eigenvalue weighted by atomic mass is 16.1. The van der Waals surface area contributed by atoms with E-state index in [9.17, 15) is 4.79 Å². The van der Waals surface area contributed by atoms with E-state index in [1.165, 1.54) is 22.3 Å². The van der Waals surface area contributed by atoms with Crippen molar-refractivity contribution >= 4 is 28.4 Å². The Labute approximate surface area is 147 Å². The van der Waals surface area contributed by atoms with E-state index in [1.807, 2.05) is 30.3 Å². The summed E-state index contributed by atoms with van der Waals surface area (Å²) in [5, 5.41) is 2.21. The number of carbonyl (C=O) groups excluding carboxylic acids is 1. The molecule has 1 aliphatic rings. The molecule has 3 aromatic rings. The van der Waals surface area contributed by atoms with Gasteiger partial charge in [-0.05, 0) is 52.5 Å². The molecule has 1 aliphatic carbocycles. The lowest BCUT2D eigenvalue weighted by Gasteiger charge is -2.18.